The van der Waals surface area contributed by atoms with E-state index in [1.54, 1.807) is 0 Å². The molecule has 110 valence electrons. The summed E-state index contributed by atoms with van der Waals surface area (Å²) in [5, 5.41) is 3.63. The van der Waals surface area contributed by atoms with Gasteiger partial charge < -0.3 is 14.8 Å². The van der Waals surface area contributed by atoms with Gasteiger partial charge in [0.2, 0.25) is 0 Å². The topological polar surface area (TPSA) is 30.5 Å². The number of nitrogens with one attached hydrogen (secondary N) is 1. The van der Waals surface area contributed by atoms with Crippen molar-refractivity contribution >= 4 is 0 Å². The molecule has 3 nitrogen and oxygen atoms in total. The van der Waals surface area contributed by atoms with Crippen molar-refractivity contribution in [3.63, 3.8) is 0 Å². The van der Waals surface area contributed by atoms with Gasteiger partial charge in [-0.2, -0.15) is 0 Å². The molecule has 0 fully saturated rings. The molecule has 1 heterocycles. The number of rotatable bonds is 5. The Kier molecular flexibility index (Phi) is 4.41. The quantitative estimate of drug-likeness (QED) is 0.907. The van der Waals surface area contributed by atoms with Gasteiger partial charge in [-0.25, -0.2) is 0 Å². The normalized spacial score (nSPS) is 16.9. The van der Waals surface area contributed by atoms with Crippen LogP contribution < -0.4 is 14.8 Å². The van der Waals surface area contributed by atoms with Crippen LogP contribution in [-0.2, 0) is 6.54 Å². The minimum absolute atomic E-state index is 0.352. The molecule has 0 saturated heterocycles. The molecule has 0 aromatic heterocycles. The van der Waals surface area contributed by atoms with Crippen molar-refractivity contribution in [2.75, 3.05) is 13.2 Å². The van der Waals surface area contributed by atoms with Crippen LogP contribution in [0.3, 0.4) is 0 Å². The van der Waals surface area contributed by atoms with Gasteiger partial charge >= 0.3 is 0 Å². The first-order chi connectivity index (χ1) is 10.4. The van der Waals surface area contributed by atoms with Gasteiger partial charge in [0.05, 0.1) is 13.2 Å². The van der Waals surface area contributed by atoms with Crippen molar-refractivity contribution in [1.82, 2.24) is 5.32 Å². The van der Waals surface area contributed by atoms with Crippen LogP contribution in [0.4, 0.5) is 0 Å². The predicted octanol–water partition coefficient (Wildman–Crippen LogP) is 3.70. The Morgan fingerprint density at radius 3 is 3.00 bits per heavy atom. The average Bonchev–Trinajstić information content (AvgIpc) is 2.53. The SMILES string of the molecule is CCOc1cccc(CNC2CCOc3ccccc32)c1. The van der Waals surface area contributed by atoms with E-state index in [1.165, 1.54) is 11.1 Å². The lowest BCUT2D eigenvalue weighted by atomic mass is 10.0. The van der Waals surface area contributed by atoms with E-state index in [0.29, 0.717) is 12.6 Å². The zero-order chi connectivity index (χ0) is 14.5. The molecule has 21 heavy (non-hydrogen) atoms. The van der Waals surface area contributed by atoms with Crippen LogP contribution in [-0.4, -0.2) is 13.2 Å². The largest absolute Gasteiger partial charge is 0.494 e. The lowest BCUT2D eigenvalue weighted by molar-refractivity contribution is 0.252. The third-order valence-electron chi connectivity index (χ3n) is 3.72. The van der Waals surface area contributed by atoms with E-state index in [9.17, 15) is 0 Å². The molecule has 2 aromatic rings. The Bertz CT molecular complexity index is 597. The molecule has 1 aliphatic heterocycles. The molecule has 0 bridgehead atoms. The molecule has 0 radical (unpaired) electrons. The van der Waals surface area contributed by atoms with E-state index >= 15 is 0 Å². The highest BCUT2D eigenvalue weighted by Gasteiger charge is 2.20. The summed E-state index contributed by atoms with van der Waals surface area (Å²) in [6.07, 6.45) is 1.00. The van der Waals surface area contributed by atoms with Crippen LogP contribution in [0.5, 0.6) is 11.5 Å². The Morgan fingerprint density at radius 2 is 2.10 bits per heavy atom. The van der Waals surface area contributed by atoms with Crippen LogP contribution in [0.15, 0.2) is 48.5 Å². The van der Waals surface area contributed by atoms with Gasteiger partial charge in [-0.3, -0.25) is 0 Å². The minimum Gasteiger partial charge on any atom is -0.494 e. The van der Waals surface area contributed by atoms with Crippen molar-refractivity contribution in [3.05, 3.63) is 59.7 Å². The molecule has 3 heteroatoms. The van der Waals surface area contributed by atoms with Gasteiger partial charge in [0.1, 0.15) is 11.5 Å². The highest BCUT2D eigenvalue weighted by molar-refractivity contribution is 5.37. The molecule has 2 aromatic carbocycles. The molecule has 3 rings (SSSR count). The Labute approximate surface area is 125 Å². The van der Waals surface area contributed by atoms with E-state index in [2.05, 4.69) is 29.6 Å². The Balaban J connectivity index is 1.67. The highest BCUT2D eigenvalue weighted by atomic mass is 16.5. The van der Waals surface area contributed by atoms with Crippen LogP contribution in [0.25, 0.3) is 0 Å². The van der Waals surface area contributed by atoms with Gasteiger partial charge in [-0.1, -0.05) is 30.3 Å². The number of hydrogen-bond donors (Lipinski definition) is 1. The molecule has 0 amide bonds. The molecule has 1 aliphatic rings. The molecule has 0 saturated carbocycles. The summed E-state index contributed by atoms with van der Waals surface area (Å²) in [7, 11) is 0. The summed E-state index contributed by atoms with van der Waals surface area (Å²) in [4.78, 5) is 0. The van der Waals surface area contributed by atoms with Crippen molar-refractivity contribution in [3.8, 4) is 11.5 Å². The zero-order valence-corrected chi connectivity index (χ0v) is 12.3. The van der Waals surface area contributed by atoms with Gasteiger partial charge in [0.15, 0.2) is 0 Å². The molecular formula is C18H21NO2. The summed E-state index contributed by atoms with van der Waals surface area (Å²) >= 11 is 0. The van der Waals surface area contributed by atoms with Crippen molar-refractivity contribution in [1.29, 1.82) is 0 Å². The monoisotopic (exact) mass is 283 g/mol. The van der Waals surface area contributed by atoms with Gasteiger partial charge in [-0.15, -0.1) is 0 Å². The maximum absolute atomic E-state index is 5.70. The number of hydrogen-bond acceptors (Lipinski definition) is 3. The van der Waals surface area contributed by atoms with Crippen LogP contribution in [0.1, 0.15) is 30.5 Å². The van der Waals surface area contributed by atoms with E-state index in [0.717, 1.165) is 31.1 Å². The van der Waals surface area contributed by atoms with Crippen molar-refractivity contribution < 1.29 is 9.47 Å². The lowest BCUT2D eigenvalue weighted by Crippen LogP contribution is -2.26. The zero-order valence-electron chi connectivity index (χ0n) is 12.3. The Morgan fingerprint density at radius 1 is 1.19 bits per heavy atom. The van der Waals surface area contributed by atoms with Gasteiger partial charge in [-0.05, 0) is 30.7 Å². The van der Waals surface area contributed by atoms with Crippen LogP contribution >= 0.6 is 0 Å². The second-order valence-corrected chi connectivity index (χ2v) is 5.19. The molecule has 1 atom stereocenters. The number of para-hydroxylation sites is 1. The molecule has 0 aliphatic carbocycles. The smallest absolute Gasteiger partial charge is 0.124 e. The number of benzene rings is 2. The standard InChI is InChI=1S/C18H21NO2/c1-2-20-15-7-5-6-14(12-15)13-19-17-10-11-21-18-9-4-3-8-16(17)18/h3-9,12,17,19H,2,10-11,13H2,1H3. The Hall–Kier alpha value is -2.00. The third-order valence-corrected chi connectivity index (χ3v) is 3.72. The summed E-state index contributed by atoms with van der Waals surface area (Å²) in [5.41, 5.74) is 2.50. The maximum Gasteiger partial charge on any atom is 0.124 e. The summed E-state index contributed by atoms with van der Waals surface area (Å²) in [6, 6.07) is 16.9. The number of fused-ring (bicyclic) bond motifs is 1. The van der Waals surface area contributed by atoms with Crippen LogP contribution in [0, 0.1) is 0 Å². The summed E-state index contributed by atoms with van der Waals surface area (Å²) in [5.74, 6) is 1.94. The van der Waals surface area contributed by atoms with E-state index in [1.807, 2.05) is 31.2 Å². The third kappa shape index (κ3) is 3.37. The molecule has 1 unspecified atom stereocenters. The fourth-order valence-electron chi connectivity index (χ4n) is 2.71. The number of ether oxygens (including phenoxy) is 2. The minimum atomic E-state index is 0.352. The van der Waals surface area contributed by atoms with E-state index in [-0.39, 0.29) is 0 Å². The molecule has 0 spiro atoms. The first-order valence-electron chi connectivity index (χ1n) is 7.53. The van der Waals surface area contributed by atoms with E-state index < -0.39 is 0 Å². The maximum atomic E-state index is 5.70. The van der Waals surface area contributed by atoms with E-state index in [4.69, 9.17) is 9.47 Å². The first-order valence-corrected chi connectivity index (χ1v) is 7.53. The van der Waals surface area contributed by atoms with Gasteiger partial charge in [0.25, 0.3) is 0 Å². The second-order valence-electron chi connectivity index (χ2n) is 5.19. The fourth-order valence-corrected chi connectivity index (χ4v) is 2.71. The predicted molar refractivity (Wildman–Crippen MR) is 83.7 cm³/mol. The summed E-state index contributed by atoms with van der Waals surface area (Å²) < 4.78 is 11.2. The molecule has 1 N–H and O–H groups in total. The average molecular weight is 283 g/mol. The van der Waals surface area contributed by atoms with Gasteiger partial charge in [0, 0.05) is 24.6 Å². The second kappa shape index (κ2) is 6.64. The first kappa shape index (κ1) is 14.0. The molecular weight excluding hydrogens is 262 g/mol. The summed E-state index contributed by atoms with van der Waals surface area (Å²) in [6.45, 7) is 4.31. The fraction of sp³-hybridized carbons (Fsp3) is 0.333. The van der Waals surface area contributed by atoms with Crippen molar-refractivity contribution in [2.45, 2.75) is 25.9 Å². The highest BCUT2D eigenvalue weighted by Crippen LogP contribution is 2.31. The van der Waals surface area contributed by atoms with Crippen molar-refractivity contribution in [2.24, 2.45) is 0 Å². The van der Waals surface area contributed by atoms with Crippen LogP contribution in [0.2, 0.25) is 0 Å². The lowest BCUT2D eigenvalue weighted by Gasteiger charge is -2.26.